The minimum atomic E-state index is -0.551. The predicted octanol–water partition coefficient (Wildman–Crippen LogP) is 2.51. The van der Waals surface area contributed by atoms with Crippen molar-refractivity contribution < 1.29 is 14.2 Å². The zero-order valence-corrected chi connectivity index (χ0v) is 15.1. The maximum atomic E-state index is 13.5. The summed E-state index contributed by atoms with van der Waals surface area (Å²) >= 11 is 0. The normalized spacial score (nSPS) is 18.5. The zero-order chi connectivity index (χ0) is 17.5. The Balaban J connectivity index is 1.67. The zero-order valence-electron chi connectivity index (χ0n) is 15.1. The molecule has 1 fully saturated rings. The van der Waals surface area contributed by atoms with Crippen LogP contribution in [0.15, 0.2) is 24.3 Å². The molecule has 1 unspecified atom stereocenters. The van der Waals surface area contributed by atoms with Gasteiger partial charge in [0.2, 0.25) is 0 Å². The molecule has 0 amide bonds. The van der Waals surface area contributed by atoms with Crippen LogP contribution in [0.1, 0.15) is 32.3 Å². The second-order valence-corrected chi connectivity index (χ2v) is 7.06. The fourth-order valence-corrected chi connectivity index (χ4v) is 3.30. The number of rotatable bonds is 8. The highest BCUT2D eigenvalue weighted by Crippen LogP contribution is 2.17. The maximum absolute atomic E-state index is 13.5. The minimum Gasteiger partial charge on any atom is -0.389 e. The molecule has 24 heavy (non-hydrogen) atoms. The summed E-state index contributed by atoms with van der Waals surface area (Å²) < 4.78 is 19.0. The van der Waals surface area contributed by atoms with Crippen molar-refractivity contribution in [3.63, 3.8) is 0 Å². The molecule has 0 aliphatic carbocycles. The van der Waals surface area contributed by atoms with Crippen LogP contribution in [0, 0.1) is 5.82 Å². The molecule has 2 rings (SSSR count). The number of halogens is 1. The van der Waals surface area contributed by atoms with Crippen molar-refractivity contribution in [3.8, 4) is 0 Å². The molecule has 0 aromatic heterocycles. The topological polar surface area (TPSA) is 35.9 Å². The highest BCUT2D eigenvalue weighted by molar-refractivity contribution is 5.16. The summed E-state index contributed by atoms with van der Waals surface area (Å²) in [5, 5.41) is 10.2. The summed E-state index contributed by atoms with van der Waals surface area (Å²) in [6, 6.07) is 7.70. The van der Waals surface area contributed by atoms with E-state index in [0.29, 0.717) is 24.2 Å². The molecule has 1 aromatic carbocycles. The summed E-state index contributed by atoms with van der Waals surface area (Å²) in [5.41, 5.74) is 0.527. The molecule has 1 heterocycles. The van der Waals surface area contributed by atoms with Crippen LogP contribution < -0.4 is 0 Å². The van der Waals surface area contributed by atoms with E-state index in [4.69, 9.17) is 4.74 Å². The summed E-state index contributed by atoms with van der Waals surface area (Å²) in [5.74, 6) is -0.263. The molecule has 0 radical (unpaired) electrons. The van der Waals surface area contributed by atoms with E-state index in [9.17, 15) is 9.50 Å². The first-order valence-corrected chi connectivity index (χ1v) is 8.91. The number of nitrogens with zero attached hydrogens (tertiary/aromatic N) is 2. The standard InChI is InChI=1S/C19H31FN2O2/c1-15(2)22-10-8-17(9-11-22)21(3)12-18(23)14-24-13-16-6-4-5-7-19(16)20/h4-7,15,17-18,23H,8-14H2,1-3H3. The van der Waals surface area contributed by atoms with Gasteiger partial charge in [0.05, 0.1) is 19.3 Å². The Hall–Kier alpha value is -1.01. The van der Waals surface area contributed by atoms with E-state index in [1.54, 1.807) is 18.2 Å². The van der Waals surface area contributed by atoms with Crippen LogP contribution in [-0.4, -0.2) is 66.4 Å². The van der Waals surface area contributed by atoms with Gasteiger partial charge in [0.1, 0.15) is 5.82 Å². The van der Waals surface area contributed by atoms with Crippen LogP contribution in [-0.2, 0) is 11.3 Å². The third kappa shape index (κ3) is 5.81. The van der Waals surface area contributed by atoms with Gasteiger partial charge in [-0.2, -0.15) is 0 Å². The van der Waals surface area contributed by atoms with Gasteiger partial charge in [0.25, 0.3) is 0 Å². The predicted molar refractivity (Wildman–Crippen MR) is 94.4 cm³/mol. The lowest BCUT2D eigenvalue weighted by atomic mass is 10.0. The van der Waals surface area contributed by atoms with Gasteiger partial charge in [0, 0.05) is 24.2 Å². The summed E-state index contributed by atoms with van der Waals surface area (Å²) in [4.78, 5) is 4.73. The summed E-state index contributed by atoms with van der Waals surface area (Å²) in [7, 11) is 2.07. The Kier molecular flexibility index (Phi) is 7.62. The first kappa shape index (κ1) is 19.3. The van der Waals surface area contributed by atoms with Crippen molar-refractivity contribution in [2.24, 2.45) is 0 Å². The summed E-state index contributed by atoms with van der Waals surface area (Å²) in [6.45, 7) is 7.72. The van der Waals surface area contributed by atoms with E-state index < -0.39 is 6.10 Å². The average Bonchev–Trinajstić information content (AvgIpc) is 2.56. The maximum Gasteiger partial charge on any atom is 0.128 e. The lowest BCUT2D eigenvalue weighted by Crippen LogP contribution is -2.47. The van der Waals surface area contributed by atoms with Crippen molar-refractivity contribution in [3.05, 3.63) is 35.6 Å². The van der Waals surface area contributed by atoms with E-state index in [1.807, 2.05) is 0 Å². The molecule has 1 aromatic rings. The quantitative estimate of drug-likeness (QED) is 0.790. The number of aliphatic hydroxyl groups is 1. The number of likely N-dealkylation sites (tertiary alicyclic amines) is 1. The number of hydrogen-bond donors (Lipinski definition) is 1. The first-order chi connectivity index (χ1) is 11.5. The number of benzene rings is 1. The van der Waals surface area contributed by atoms with Crippen LogP contribution in [0.2, 0.25) is 0 Å². The van der Waals surface area contributed by atoms with Crippen molar-refractivity contribution >= 4 is 0 Å². The first-order valence-electron chi connectivity index (χ1n) is 8.91. The van der Waals surface area contributed by atoms with E-state index >= 15 is 0 Å². The summed E-state index contributed by atoms with van der Waals surface area (Å²) in [6.07, 6.45) is 1.72. The Morgan fingerprint density at radius 3 is 2.58 bits per heavy atom. The third-order valence-electron chi connectivity index (χ3n) is 4.88. The molecule has 0 bridgehead atoms. The number of likely N-dealkylation sites (N-methyl/N-ethyl adjacent to an activating group) is 1. The van der Waals surface area contributed by atoms with Crippen LogP contribution in [0.5, 0.6) is 0 Å². The Morgan fingerprint density at radius 2 is 1.96 bits per heavy atom. The van der Waals surface area contributed by atoms with Gasteiger partial charge in [-0.15, -0.1) is 0 Å². The van der Waals surface area contributed by atoms with Crippen LogP contribution >= 0.6 is 0 Å². The minimum absolute atomic E-state index is 0.195. The van der Waals surface area contributed by atoms with Gasteiger partial charge < -0.3 is 19.6 Å². The lowest BCUT2D eigenvalue weighted by Gasteiger charge is -2.39. The monoisotopic (exact) mass is 338 g/mol. The number of ether oxygens (including phenoxy) is 1. The molecule has 5 heteroatoms. The van der Waals surface area contributed by atoms with Gasteiger partial charge in [-0.25, -0.2) is 4.39 Å². The molecule has 4 nitrogen and oxygen atoms in total. The number of hydrogen-bond acceptors (Lipinski definition) is 4. The van der Waals surface area contributed by atoms with Crippen LogP contribution in [0.3, 0.4) is 0 Å². The highest BCUT2D eigenvalue weighted by Gasteiger charge is 2.24. The average molecular weight is 338 g/mol. The van der Waals surface area contributed by atoms with Gasteiger partial charge in [0.15, 0.2) is 0 Å². The van der Waals surface area contributed by atoms with E-state index in [0.717, 1.165) is 25.9 Å². The fourth-order valence-electron chi connectivity index (χ4n) is 3.30. The van der Waals surface area contributed by atoms with Gasteiger partial charge in [-0.1, -0.05) is 18.2 Å². The molecule has 0 spiro atoms. The molecule has 1 saturated heterocycles. The van der Waals surface area contributed by atoms with Gasteiger partial charge >= 0.3 is 0 Å². The van der Waals surface area contributed by atoms with Crippen molar-refractivity contribution in [2.45, 2.75) is 51.5 Å². The van der Waals surface area contributed by atoms with Crippen molar-refractivity contribution in [1.29, 1.82) is 0 Å². The molecule has 0 saturated carbocycles. The SMILES string of the molecule is CC(C)N1CCC(N(C)CC(O)COCc2ccccc2F)CC1. The molecule has 1 N–H and O–H groups in total. The molecule has 1 aliphatic rings. The smallest absolute Gasteiger partial charge is 0.128 e. The van der Waals surface area contributed by atoms with Crippen LogP contribution in [0.4, 0.5) is 4.39 Å². The lowest BCUT2D eigenvalue weighted by molar-refractivity contribution is 0.000294. The molecule has 1 atom stereocenters. The largest absolute Gasteiger partial charge is 0.389 e. The molecular formula is C19H31FN2O2. The number of piperidine rings is 1. The second-order valence-electron chi connectivity index (χ2n) is 7.06. The Bertz CT molecular complexity index is 490. The van der Waals surface area contributed by atoms with E-state index in [2.05, 4.69) is 30.7 Å². The number of aliphatic hydroxyl groups excluding tert-OH is 1. The molecular weight excluding hydrogens is 307 g/mol. The highest BCUT2D eigenvalue weighted by atomic mass is 19.1. The molecule has 136 valence electrons. The van der Waals surface area contributed by atoms with Crippen molar-refractivity contribution in [2.75, 3.05) is 33.3 Å². The third-order valence-corrected chi connectivity index (χ3v) is 4.88. The van der Waals surface area contributed by atoms with Gasteiger partial charge in [-0.3, -0.25) is 0 Å². The Morgan fingerprint density at radius 1 is 1.29 bits per heavy atom. The van der Waals surface area contributed by atoms with Gasteiger partial charge in [-0.05, 0) is 52.9 Å². The second kappa shape index (κ2) is 9.47. The van der Waals surface area contributed by atoms with Crippen LogP contribution in [0.25, 0.3) is 0 Å². The van der Waals surface area contributed by atoms with E-state index in [1.165, 1.54) is 6.07 Å². The van der Waals surface area contributed by atoms with Crippen molar-refractivity contribution in [1.82, 2.24) is 9.80 Å². The Labute approximate surface area is 145 Å². The fraction of sp³-hybridized carbons (Fsp3) is 0.684. The molecule has 1 aliphatic heterocycles. The van der Waals surface area contributed by atoms with E-state index in [-0.39, 0.29) is 19.0 Å².